The van der Waals surface area contributed by atoms with Crippen molar-refractivity contribution >= 4 is 5.91 Å². The average Bonchev–Trinajstić information content (AvgIpc) is 2.60. The van der Waals surface area contributed by atoms with Gasteiger partial charge in [0, 0.05) is 31.6 Å². The summed E-state index contributed by atoms with van der Waals surface area (Å²) in [6, 6.07) is 0. The van der Waals surface area contributed by atoms with Crippen molar-refractivity contribution in [1.82, 2.24) is 10.3 Å². The Bertz CT molecular complexity index is 525. The van der Waals surface area contributed by atoms with Gasteiger partial charge in [0.25, 0.3) is 0 Å². The van der Waals surface area contributed by atoms with Gasteiger partial charge in [0.15, 0.2) is 0 Å². The SMILES string of the molecule is CCC(C)(C)CC=CC(C)(CC)C(C)(C)CC(C)(C)C(=O)NCCN(N)CCN. The van der Waals surface area contributed by atoms with Crippen LogP contribution >= 0.6 is 0 Å². The molecule has 0 saturated carbocycles. The summed E-state index contributed by atoms with van der Waals surface area (Å²) in [6.45, 7) is 22.4. The van der Waals surface area contributed by atoms with E-state index >= 15 is 0 Å². The largest absolute Gasteiger partial charge is 0.354 e. The minimum Gasteiger partial charge on any atom is -0.354 e. The lowest BCUT2D eigenvalue weighted by atomic mass is 9.59. The molecule has 0 heterocycles. The average molecular weight is 411 g/mol. The van der Waals surface area contributed by atoms with Crippen LogP contribution in [0.25, 0.3) is 0 Å². The van der Waals surface area contributed by atoms with E-state index in [4.69, 9.17) is 11.6 Å². The fraction of sp³-hybridized carbons (Fsp3) is 0.875. The molecule has 0 radical (unpaired) electrons. The van der Waals surface area contributed by atoms with Crippen LogP contribution < -0.4 is 16.9 Å². The number of hydrazine groups is 1. The third-order valence-electron chi connectivity index (χ3n) is 6.99. The molecule has 29 heavy (non-hydrogen) atoms. The zero-order chi connectivity index (χ0) is 22.9. The second-order valence-electron chi connectivity index (χ2n) is 10.9. The van der Waals surface area contributed by atoms with Gasteiger partial charge in [-0.05, 0) is 35.5 Å². The highest BCUT2D eigenvalue weighted by Gasteiger charge is 2.43. The predicted octanol–water partition coefficient (Wildman–Crippen LogP) is 4.48. The minimum atomic E-state index is -0.455. The third-order valence-corrected chi connectivity index (χ3v) is 6.99. The second-order valence-corrected chi connectivity index (χ2v) is 10.9. The minimum absolute atomic E-state index is 0.0189. The molecule has 0 rings (SSSR count). The molecule has 0 spiro atoms. The van der Waals surface area contributed by atoms with Crippen molar-refractivity contribution in [3.63, 3.8) is 0 Å². The van der Waals surface area contributed by atoms with Crippen LogP contribution in [0.15, 0.2) is 12.2 Å². The number of nitrogens with one attached hydrogen (secondary N) is 1. The molecule has 5 heteroatoms. The summed E-state index contributed by atoms with van der Waals surface area (Å²) in [5, 5.41) is 4.70. The van der Waals surface area contributed by atoms with Crippen LogP contribution in [0.4, 0.5) is 0 Å². The number of nitrogens with two attached hydrogens (primary N) is 2. The smallest absolute Gasteiger partial charge is 0.225 e. The number of amides is 1. The van der Waals surface area contributed by atoms with Gasteiger partial charge in [0.2, 0.25) is 5.91 Å². The van der Waals surface area contributed by atoms with Crippen LogP contribution in [-0.2, 0) is 4.79 Å². The van der Waals surface area contributed by atoms with Crippen molar-refractivity contribution in [3.8, 4) is 0 Å². The molecule has 172 valence electrons. The van der Waals surface area contributed by atoms with Gasteiger partial charge in [-0.25, -0.2) is 5.01 Å². The number of hydrogen-bond donors (Lipinski definition) is 3. The number of hydrogen-bond acceptors (Lipinski definition) is 4. The van der Waals surface area contributed by atoms with E-state index in [0.29, 0.717) is 31.6 Å². The van der Waals surface area contributed by atoms with Crippen LogP contribution in [0.2, 0.25) is 0 Å². The molecule has 1 amide bonds. The first-order chi connectivity index (χ1) is 13.2. The molecule has 5 N–H and O–H groups in total. The Morgan fingerprint density at radius 2 is 1.59 bits per heavy atom. The molecular formula is C24H50N4O. The summed E-state index contributed by atoms with van der Waals surface area (Å²) in [7, 11) is 0. The first-order valence-electron chi connectivity index (χ1n) is 11.3. The Morgan fingerprint density at radius 3 is 2.07 bits per heavy atom. The van der Waals surface area contributed by atoms with E-state index in [1.807, 2.05) is 13.8 Å². The predicted molar refractivity (Wildman–Crippen MR) is 126 cm³/mol. The van der Waals surface area contributed by atoms with E-state index < -0.39 is 5.41 Å². The Balaban J connectivity index is 5.10. The van der Waals surface area contributed by atoms with Crippen molar-refractivity contribution in [2.24, 2.45) is 33.2 Å². The van der Waals surface area contributed by atoms with Crippen LogP contribution in [0.1, 0.15) is 88.0 Å². The lowest BCUT2D eigenvalue weighted by Crippen LogP contribution is -2.47. The molecule has 0 bridgehead atoms. The number of carbonyl (C=O) groups is 1. The Labute approximate surface area is 181 Å². The van der Waals surface area contributed by atoms with Crippen molar-refractivity contribution in [3.05, 3.63) is 12.2 Å². The first kappa shape index (κ1) is 28.1. The fourth-order valence-electron chi connectivity index (χ4n) is 3.82. The van der Waals surface area contributed by atoms with E-state index in [0.717, 1.165) is 19.3 Å². The summed E-state index contributed by atoms with van der Waals surface area (Å²) < 4.78 is 0. The molecule has 1 unspecified atom stereocenters. The van der Waals surface area contributed by atoms with Gasteiger partial charge in [0.05, 0.1) is 0 Å². The maximum absolute atomic E-state index is 12.9. The molecule has 0 aliphatic carbocycles. The van der Waals surface area contributed by atoms with Crippen LogP contribution in [0.5, 0.6) is 0 Å². The van der Waals surface area contributed by atoms with E-state index in [-0.39, 0.29) is 16.7 Å². The number of rotatable bonds is 14. The van der Waals surface area contributed by atoms with Crippen molar-refractivity contribution in [2.45, 2.75) is 88.0 Å². The van der Waals surface area contributed by atoms with E-state index in [2.05, 4.69) is 65.9 Å². The van der Waals surface area contributed by atoms with Crippen molar-refractivity contribution in [1.29, 1.82) is 0 Å². The monoisotopic (exact) mass is 410 g/mol. The molecule has 0 aromatic carbocycles. The van der Waals surface area contributed by atoms with Crippen LogP contribution in [0, 0.1) is 21.7 Å². The highest BCUT2D eigenvalue weighted by atomic mass is 16.2. The van der Waals surface area contributed by atoms with Gasteiger partial charge < -0.3 is 11.1 Å². The molecule has 0 fully saturated rings. The molecule has 0 aromatic heterocycles. The standard InChI is InChI=1S/C24H50N4O/c1-10-21(3,4)13-12-14-24(9,11-2)23(7,8)19-22(5,6)20(29)27-16-18-28(26)17-15-25/h12,14H,10-11,13,15-19,25-26H2,1-9H3,(H,27,29). The molecule has 0 aliphatic rings. The Hall–Kier alpha value is -0.910. The molecule has 5 nitrogen and oxygen atoms in total. The molecule has 1 atom stereocenters. The summed E-state index contributed by atoms with van der Waals surface area (Å²) in [5.74, 6) is 5.92. The van der Waals surface area contributed by atoms with Gasteiger partial charge in [0.1, 0.15) is 0 Å². The highest BCUT2D eigenvalue weighted by Crippen LogP contribution is 2.50. The van der Waals surface area contributed by atoms with Crippen molar-refractivity contribution in [2.75, 3.05) is 26.2 Å². The summed E-state index contributed by atoms with van der Waals surface area (Å²) in [5.41, 5.74) is 5.39. The van der Waals surface area contributed by atoms with Crippen LogP contribution in [-0.4, -0.2) is 37.1 Å². The topological polar surface area (TPSA) is 84.4 Å². The second kappa shape index (κ2) is 11.5. The lowest BCUT2D eigenvalue weighted by molar-refractivity contribution is -0.132. The van der Waals surface area contributed by atoms with E-state index in [9.17, 15) is 4.79 Å². The number of carbonyl (C=O) groups excluding carboxylic acids is 1. The number of nitrogens with zero attached hydrogens (tertiary/aromatic N) is 1. The summed E-state index contributed by atoms with van der Waals surface area (Å²) in [4.78, 5) is 12.9. The molecule has 0 saturated heterocycles. The van der Waals surface area contributed by atoms with Gasteiger partial charge in [-0.3, -0.25) is 10.6 Å². The van der Waals surface area contributed by atoms with Gasteiger partial charge in [-0.2, -0.15) is 0 Å². The maximum Gasteiger partial charge on any atom is 0.225 e. The zero-order valence-electron chi connectivity index (χ0n) is 20.8. The van der Waals surface area contributed by atoms with Gasteiger partial charge in [-0.15, -0.1) is 0 Å². The Kier molecular flexibility index (Phi) is 11.1. The van der Waals surface area contributed by atoms with Gasteiger partial charge >= 0.3 is 0 Å². The van der Waals surface area contributed by atoms with Crippen LogP contribution in [0.3, 0.4) is 0 Å². The molecule has 0 aromatic rings. The lowest BCUT2D eigenvalue weighted by Gasteiger charge is -2.46. The summed E-state index contributed by atoms with van der Waals surface area (Å²) in [6.07, 6.45) is 8.86. The molecule has 0 aliphatic heterocycles. The Morgan fingerprint density at radius 1 is 1.00 bits per heavy atom. The summed E-state index contributed by atoms with van der Waals surface area (Å²) >= 11 is 0. The van der Waals surface area contributed by atoms with Gasteiger partial charge in [-0.1, -0.05) is 80.9 Å². The highest BCUT2D eigenvalue weighted by molar-refractivity contribution is 5.81. The molecular weight excluding hydrogens is 360 g/mol. The third kappa shape index (κ3) is 9.18. The zero-order valence-corrected chi connectivity index (χ0v) is 20.8. The normalized spacial score (nSPS) is 15.7. The number of allylic oxidation sites excluding steroid dienone is 2. The van der Waals surface area contributed by atoms with Crippen molar-refractivity contribution < 1.29 is 4.79 Å². The van der Waals surface area contributed by atoms with E-state index in [1.54, 1.807) is 5.01 Å². The first-order valence-corrected chi connectivity index (χ1v) is 11.3. The quantitative estimate of drug-likeness (QED) is 0.224. The fourth-order valence-corrected chi connectivity index (χ4v) is 3.82. The van der Waals surface area contributed by atoms with E-state index in [1.165, 1.54) is 6.42 Å². The maximum atomic E-state index is 12.9.